The summed E-state index contributed by atoms with van der Waals surface area (Å²) in [7, 11) is 0. The first-order valence-corrected chi connectivity index (χ1v) is 9.05. The molecule has 0 saturated carbocycles. The fourth-order valence-corrected chi connectivity index (χ4v) is 2.95. The molecule has 1 N–H and O–H groups in total. The number of carbonyl (C=O) groups is 1. The van der Waals surface area contributed by atoms with Gasteiger partial charge in [0.1, 0.15) is 30.0 Å². The van der Waals surface area contributed by atoms with Gasteiger partial charge in [-0.2, -0.15) is 0 Å². The third-order valence-electron chi connectivity index (χ3n) is 4.33. The molecule has 1 unspecified atom stereocenters. The minimum Gasteiger partial charge on any atom is -0.492 e. The van der Waals surface area contributed by atoms with Gasteiger partial charge in [-0.3, -0.25) is 14.7 Å². The van der Waals surface area contributed by atoms with E-state index in [0.29, 0.717) is 18.9 Å². The largest absolute Gasteiger partial charge is 0.492 e. The summed E-state index contributed by atoms with van der Waals surface area (Å²) in [6, 6.07) is 9.74. The summed E-state index contributed by atoms with van der Waals surface area (Å²) in [4.78, 5) is 17.5. The number of halogens is 1. The average Bonchev–Trinajstić information content (AvgIpc) is 3.09. The van der Waals surface area contributed by atoms with E-state index >= 15 is 0 Å². The van der Waals surface area contributed by atoms with E-state index in [9.17, 15) is 9.18 Å². The van der Waals surface area contributed by atoms with Gasteiger partial charge in [0.15, 0.2) is 0 Å². The van der Waals surface area contributed by atoms with Crippen molar-refractivity contribution in [1.29, 1.82) is 0 Å². The fourth-order valence-electron chi connectivity index (χ4n) is 2.95. The van der Waals surface area contributed by atoms with Crippen LogP contribution in [-0.4, -0.2) is 48.1 Å². The van der Waals surface area contributed by atoms with Crippen LogP contribution in [0.25, 0.3) is 0 Å². The molecule has 3 rings (SSSR count). The normalized spacial score (nSPS) is 16.9. The van der Waals surface area contributed by atoms with Crippen molar-refractivity contribution < 1.29 is 18.7 Å². The number of hydrogen-bond donors (Lipinski definition) is 1. The lowest BCUT2D eigenvalue weighted by molar-refractivity contribution is -0.119. The Kier molecular flexibility index (Phi) is 6.59. The summed E-state index contributed by atoms with van der Waals surface area (Å²) >= 11 is 0. The highest BCUT2D eigenvalue weighted by Gasteiger charge is 2.23. The van der Waals surface area contributed by atoms with E-state index in [-0.39, 0.29) is 17.8 Å². The number of pyridine rings is 1. The molecular formula is C20H24FN3O3. The number of benzene rings is 1. The summed E-state index contributed by atoms with van der Waals surface area (Å²) in [5.41, 5.74) is 0.769. The minimum atomic E-state index is -0.266. The number of likely N-dealkylation sites (tertiary alicyclic amines) is 1. The van der Waals surface area contributed by atoms with Gasteiger partial charge in [-0.1, -0.05) is 0 Å². The number of rotatable bonds is 8. The van der Waals surface area contributed by atoms with Crippen LogP contribution in [0.5, 0.6) is 11.5 Å². The van der Waals surface area contributed by atoms with E-state index in [1.807, 2.05) is 12.1 Å². The molecule has 1 fully saturated rings. The van der Waals surface area contributed by atoms with Crippen LogP contribution >= 0.6 is 0 Å². The Morgan fingerprint density at radius 3 is 2.89 bits per heavy atom. The standard InChI is InChI=1S/C20H24FN3O3/c1-15(25)23-13-17-12-19(6-8-22-17)27-20-7-9-24(14-20)10-11-26-18-4-2-16(21)3-5-18/h2-6,8,12,20H,7,9-11,13-14H2,1H3,(H,23,25). The predicted octanol–water partition coefficient (Wildman–Crippen LogP) is 2.39. The lowest BCUT2D eigenvalue weighted by Gasteiger charge is -2.17. The molecule has 2 aromatic rings. The Morgan fingerprint density at radius 1 is 1.30 bits per heavy atom. The van der Waals surface area contributed by atoms with Gasteiger partial charge in [0.2, 0.25) is 5.91 Å². The molecule has 1 aliphatic heterocycles. The van der Waals surface area contributed by atoms with Crippen LogP contribution in [-0.2, 0) is 11.3 Å². The number of aromatic nitrogens is 1. The first kappa shape index (κ1) is 19.1. The SMILES string of the molecule is CC(=O)NCc1cc(OC2CCN(CCOc3ccc(F)cc3)C2)ccn1. The highest BCUT2D eigenvalue weighted by Crippen LogP contribution is 2.19. The molecule has 1 aromatic carbocycles. The van der Waals surface area contributed by atoms with Crippen LogP contribution in [0.4, 0.5) is 4.39 Å². The molecule has 0 aliphatic carbocycles. The van der Waals surface area contributed by atoms with Crippen LogP contribution in [0.1, 0.15) is 19.0 Å². The quantitative estimate of drug-likeness (QED) is 0.770. The number of carbonyl (C=O) groups excluding carboxylic acids is 1. The lowest BCUT2D eigenvalue weighted by Crippen LogP contribution is -2.28. The maximum Gasteiger partial charge on any atom is 0.217 e. The Morgan fingerprint density at radius 2 is 2.11 bits per heavy atom. The summed E-state index contributed by atoms with van der Waals surface area (Å²) in [5, 5.41) is 2.73. The van der Waals surface area contributed by atoms with Gasteiger partial charge >= 0.3 is 0 Å². The minimum absolute atomic E-state index is 0.0857. The smallest absolute Gasteiger partial charge is 0.217 e. The molecule has 1 amide bonds. The van der Waals surface area contributed by atoms with Crippen LogP contribution in [0.15, 0.2) is 42.6 Å². The van der Waals surface area contributed by atoms with Crippen molar-refractivity contribution in [2.24, 2.45) is 0 Å². The second-order valence-electron chi connectivity index (χ2n) is 6.52. The maximum absolute atomic E-state index is 12.9. The molecule has 0 spiro atoms. The first-order chi connectivity index (χ1) is 13.1. The summed E-state index contributed by atoms with van der Waals surface area (Å²) in [5.74, 6) is 1.09. The number of nitrogens with one attached hydrogen (secondary N) is 1. The van der Waals surface area contributed by atoms with Crippen LogP contribution in [0.3, 0.4) is 0 Å². The van der Waals surface area contributed by atoms with Gasteiger partial charge in [0.25, 0.3) is 0 Å². The maximum atomic E-state index is 12.9. The topological polar surface area (TPSA) is 63.7 Å². The molecule has 1 saturated heterocycles. The van der Waals surface area contributed by atoms with Gasteiger partial charge in [-0.15, -0.1) is 0 Å². The zero-order chi connectivity index (χ0) is 19.1. The van der Waals surface area contributed by atoms with Crippen molar-refractivity contribution in [3.63, 3.8) is 0 Å². The van der Waals surface area contributed by atoms with Crippen molar-refractivity contribution in [1.82, 2.24) is 15.2 Å². The Bertz CT molecular complexity index is 754. The number of nitrogens with zero attached hydrogens (tertiary/aromatic N) is 2. The van der Waals surface area contributed by atoms with Crippen molar-refractivity contribution in [3.05, 3.63) is 54.1 Å². The molecular weight excluding hydrogens is 349 g/mol. The summed E-state index contributed by atoms with van der Waals surface area (Å²) in [6.07, 6.45) is 2.75. The van der Waals surface area contributed by atoms with E-state index in [2.05, 4.69) is 15.2 Å². The van der Waals surface area contributed by atoms with Gasteiger partial charge in [-0.25, -0.2) is 4.39 Å². The number of hydrogen-bond acceptors (Lipinski definition) is 5. The van der Waals surface area contributed by atoms with Crippen molar-refractivity contribution in [2.45, 2.75) is 26.0 Å². The van der Waals surface area contributed by atoms with Crippen LogP contribution in [0.2, 0.25) is 0 Å². The third kappa shape index (κ3) is 6.21. The second kappa shape index (κ2) is 9.32. The van der Waals surface area contributed by atoms with Crippen molar-refractivity contribution >= 4 is 5.91 Å². The van der Waals surface area contributed by atoms with Gasteiger partial charge in [0.05, 0.1) is 12.2 Å². The van der Waals surface area contributed by atoms with Crippen LogP contribution < -0.4 is 14.8 Å². The lowest BCUT2D eigenvalue weighted by atomic mass is 10.3. The van der Waals surface area contributed by atoms with Gasteiger partial charge in [-0.05, 0) is 36.8 Å². The molecule has 0 bridgehead atoms. The predicted molar refractivity (Wildman–Crippen MR) is 99.1 cm³/mol. The Balaban J connectivity index is 1.41. The summed E-state index contributed by atoms with van der Waals surface area (Å²) in [6.45, 7) is 4.99. The van der Waals surface area contributed by atoms with Crippen molar-refractivity contribution in [2.75, 3.05) is 26.2 Å². The molecule has 2 heterocycles. The molecule has 27 heavy (non-hydrogen) atoms. The van der Waals surface area contributed by atoms with Gasteiger partial charge < -0.3 is 14.8 Å². The Hall–Kier alpha value is -2.67. The number of amides is 1. The zero-order valence-corrected chi connectivity index (χ0v) is 15.4. The van der Waals surface area contributed by atoms with E-state index in [1.165, 1.54) is 19.1 Å². The monoisotopic (exact) mass is 373 g/mol. The highest BCUT2D eigenvalue weighted by atomic mass is 19.1. The molecule has 1 aromatic heterocycles. The molecule has 6 nitrogen and oxygen atoms in total. The summed E-state index contributed by atoms with van der Waals surface area (Å²) < 4.78 is 24.6. The van der Waals surface area contributed by atoms with Crippen LogP contribution in [0, 0.1) is 5.82 Å². The van der Waals surface area contributed by atoms with Gasteiger partial charge in [0, 0.05) is 38.8 Å². The third-order valence-corrected chi connectivity index (χ3v) is 4.33. The molecule has 1 atom stereocenters. The molecule has 0 radical (unpaired) electrons. The average molecular weight is 373 g/mol. The van der Waals surface area contributed by atoms with E-state index in [1.54, 1.807) is 18.3 Å². The molecule has 7 heteroatoms. The van der Waals surface area contributed by atoms with Crippen molar-refractivity contribution in [3.8, 4) is 11.5 Å². The molecule has 1 aliphatic rings. The Labute approximate surface area is 158 Å². The van der Waals surface area contributed by atoms with E-state index < -0.39 is 0 Å². The number of ether oxygens (including phenoxy) is 2. The van der Waals surface area contributed by atoms with E-state index in [4.69, 9.17) is 9.47 Å². The second-order valence-corrected chi connectivity index (χ2v) is 6.52. The first-order valence-electron chi connectivity index (χ1n) is 9.05. The zero-order valence-electron chi connectivity index (χ0n) is 15.4. The highest BCUT2D eigenvalue weighted by molar-refractivity contribution is 5.72. The molecule has 144 valence electrons. The van der Waals surface area contributed by atoms with E-state index in [0.717, 1.165) is 37.5 Å². The fraction of sp³-hybridized carbons (Fsp3) is 0.400.